The van der Waals surface area contributed by atoms with Gasteiger partial charge in [-0.25, -0.2) is 0 Å². The number of aromatic hydroxyl groups is 1. The first kappa shape index (κ1) is 9.62. The first-order valence-corrected chi connectivity index (χ1v) is 4.98. The van der Waals surface area contributed by atoms with Crippen molar-refractivity contribution >= 4 is 11.6 Å². The number of hydrogen-bond acceptors (Lipinski definition) is 3. The molecule has 0 aliphatic carbocycles. The summed E-state index contributed by atoms with van der Waals surface area (Å²) >= 11 is 5.87. The van der Waals surface area contributed by atoms with E-state index in [9.17, 15) is 0 Å². The van der Waals surface area contributed by atoms with Crippen molar-refractivity contribution in [1.29, 1.82) is 0 Å². The highest BCUT2D eigenvalue weighted by Crippen LogP contribution is 2.28. The van der Waals surface area contributed by atoms with E-state index in [1.165, 1.54) is 6.07 Å². The highest BCUT2D eigenvalue weighted by Gasteiger charge is 2.17. The van der Waals surface area contributed by atoms with Crippen LogP contribution in [0.5, 0.6) is 11.5 Å². The van der Waals surface area contributed by atoms with Crippen LogP contribution in [0.25, 0.3) is 0 Å². The third-order valence-corrected chi connectivity index (χ3v) is 2.58. The third-order valence-electron chi connectivity index (χ3n) is 2.28. The first-order chi connectivity index (χ1) is 6.75. The average molecular weight is 214 g/mol. The quantitative estimate of drug-likeness (QED) is 0.805. The van der Waals surface area contributed by atoms with E-state index in [1.54, 1.807) is 12.1 Å². The molecule has 4 heteroatoms. The minimum atomic E-state index is 0.157. The Morgan fingerprint density at radius 1 is 1.57 bits per heavy atom. The van der Waals surface area contributed by atoms with Gasteiger partial charge in [-0.05, 0) is 25.1 Å². The maximum atomic E-state index is 9.12. The molecule has 76 valence electrons. The largest absolute Gasteiger partial charge is 0.508 e. The number of nitrogens with one attached hydrogen (secondary N) is 1. The van der Waals surface area contributed by atoms with Gasteiger partial charge >= 0.3 is 0 Å². The van der Waals surface area contributed by atoms with E-state index in [1.807, 2.05) is 0 Å². The van der Waals surface area contributed by atoms with Crippen molar-refractivity contribution < 1.29 is 9.84 Å². The van der Waals surface area contributed by atoms with Crippen LogP contribution in [0, 0.1) is 0 Å². The van der Waals surface area contributed by atoms with Gasteiger partial charge in [-0.2, -0.15) is 0 Å². The number of benzene rings is 1. The van der Waals surface area contributed by atoms with Crippen molar-refractivity contribution in [3.8, 4) is 11.5 Å². The van der Waals surface area contributed by atoms with E-state index in [0.29, 0.717) is 23.4 Å². The van der Waals surface area contributed by atoms with Crippen LogP contribution in [0.15, 0.2) is 18.2 Å². The van der Waals surface area contributed by atoms with Gasteiger partial charge in [0, 0.05) is 12.1 Å². The molecule has 1 heterocycles. The molecule has 0 amide bonds. The van der Waals surface area contributed by atoms with Crippen LogP contribution in [0.4, 0.5) is 0 Å². The van der Waals surface area contributed by atoms with E-state index in [-0.39, 0.29) is 5.75 Å². The number of rotatable bonds is 3. The fourth-order valence-corrected chi connectivity index (χ4v) is 1.52. The molecule has 1 unspecified atom stereocenters. The molecule has 2 N–H and O–H groups in total. The summed E-state index contributed by atoms with van der Waals surface area (Å²) in [7, 11) is 0. The molecule has 1 aromatic rings. The second-order valence-electron chi connectivity index (χ2n) is 3.37. The lowest BCUT2D eigenvalue weighted by atomic mass is 10.1. The van der Waals surface area contributed by atoms with Crippen molar-refractivity contribution in [3.05, 3.63) is 23.2 Å². The van der Waals surface area contributed by atoms with Gasteiger partial charge in [0.2, 0.25) is 0 Å². The lowest BCUT2D eigenvalue weighted by Gasteiger charge is -2.27. The zero-order chi connectivity index (χ0) is 9.97. The molecule has 3 nitrogen and oxygen atoms in total. The summed E-state index contributed by atoms with van der Waals surface area (Å²) in [6, 6.07) is 5.16. The van der Waals surface area contributed by atoms with Crippen molar-refractivity contribution in [2.75, 3.05) is 13.2 Å². The molecule has 1 aliphatic heterocycles. The van der Waals surface area contributed by atoms with E-state index >= 15 is 0 Å². The first-order valence-electron chi connectivity index (χ1n) is 4.60. The Bertz CT molecular complexity index is 326. The topological polar surface area (TPSA) is 41.5 Å². The van der Waals surface area contributed by atoms with E-state index in [4.69, 9.17) is 21.4 Å². The van der Waals surface area contributed by atoms with Crippen molar-refractivity contribution in [2.45, 2.75) is 12.5 Å². The second-order valence-corrected chi connectivity index (χ2v) is 3.77. The highest BCUT2D eigenvalue weighted by molar-refractivity contribution is 6.32. The lowest BCUT2D eigenvalue weighted by molar-refractivity contribution is 0.217. The minimum Gasteiger partial charge on any atom is -0.508 e. The monoisotopic (exact) mass is 213 g/mol. The molecule has 0 saturated carbocycles. The summed E-state index contributed by atoms with van der Waals surface area (Å²) in [5, 5.41) is 12.8. The van der Waals surface area contributed by atoms with Gasteiger partial charge < -0.3 is 15.2 Å². The summed E-state index contributed by atoms with van der Waals surface area (Å²) < 4.78 is 5.49. The van der Waals surface area contributed by atoms with Gasteiger partial charge in [0.1, 0.15) is 18.1 Å². The number of hydrogen-bond donors (Lipinski definition) is 2. The van der Waals surface area contributed by atoms with Gasteiger partial charge in [-0.1, -0.05) is 11.6 Å². The fraction of sp³-hybridized carbons (Fsp3) is 0.400. The van der Waals surface area contributed by atoms with Crippen LogP contribution in [0.1, 0.15) is 6.42 Å². The molecular weight excluding hydrogens is 202 g/mol. The van der Waals surface area contributed by atoms with Gasteiger partial charge in [-0.3, -0.25) is 0 Å². The predicted octanol–water partition coefficient (Wildman–Crippen LogP) is 1.79. The molecule has 1 aromatic carbocycles. The summed E-state index contributed by atoms with van der Waals surface area (Å²) in [5.74, 6) is 0.780. The Hall–Kier alpha value is -0.930. The van der Waals surface area contributed by atoms with E-state index < -0.39 is 0 Å². The van der Waals surface area contributed by atoms with E-state index in [2.05, 4.69) is 5.32 Å². The van der Waals surface area contributed by atoms with Gasteiger partial charge in [0.25, 0.3) is 0 Å². The summed E-state index contributed by atoms with van der Waals surface area (Å²) in [6.45, 7) is 1.70. The molecule has 1 fully saturated rings. The third kappa shape index (κ3) is 2.11. The summed E-state index contributed by atoms with van der Waals surface area (Å²) in [4.78, 5) is 0. The molecule has 2 rings (SSSR count). The van der Waals surface area contributed by atoms with Crippen molar-refractivity contribution in [2.24, 2.45) is 0 Å². The Morgan fingerprint density at radius 3 is 2.93 bits per heavy atom. The smallest absolute Gasteiger partial charge is 0.138 e. The van der Waals surface area contributed by atoms with Crippen LogP contribution in [-0.4, -0.2) is 24.3 Å². The number of phenolic OH excluding ortho intramolecular Hbond substituents is 1. The lowest BCUT2D eigenvalue weighted by Crippen LogP contribution is -2.46. The van der Waals surface area contributed by atoms with Gasteiger partial charge in [-0.15, -0.1) is 0 Å². The molecule has 1 aliphatic rings. The standard InChI is InChI=1S/C10H12ClNO2/c11-9-5-8(13)1-2-10(9)14-6-7-3-4-12-7/h1-2,5,7,12-13H,3-4,6H2. The molecular formula is C10H12ClNO2. The van der Waals surface area contributed by atoms with E-state index in [0.717, 1.165) is 13.0 Å². The normalized spacial score (nSPS) is 20.2. The SMILES string of the molecule is Oc1ccc(OCC2CCN2)c(Cl)c1. The van der Waals surface area contributed by atoms with Crippen LogP contribution in [-0.2, 0) is 0 Å². The molecule has 14 heavy (non-hydrogen) atoms. The Morgan fingerprint density at radius 2 is 2.36 bits per heavy atom. The number of halogens is 1. The molecule has 0 spiro atoms. The molecule has 0 aromatic heterocycles. The molecule has 1 saturated heterocycles. The van der Waals surface area contributed by atoms with Gasteiger partial charge in [0.05, 0.1) is 5.02 Å². The zero-order valence-electron chi connectivity index (χ0n) is 7.66. The Balaban J connectivity index is 1.94. The molecule has 1 atom stereocenters. The highest BCUT2D eigenvalue weighted by atomic mass is 35.5. The Kier molecular flexibility index (Phi) is 2.79. The zero-order valence-corrected chi connectivity index (χ0v) is 8.42. The van der Waals surface area contributed by atoms with Gasteiger partial charge in [0.15, 0.2) is 0 Å². The minimum absolute atomic E-state index is 0.157. The van der Waals surface area contributed by atoms with Crippen LogP contribution in [0.2, 0.25) is 5.02 Å². The fourth-order valence-electron chi connectivity index (χ4n) is 1.29. The maximum Gasteiger partial charge on any atom is 0.138 e. The maximum absolute atomic E-state index is 9.12. The van der Waals surface area contributed by atoms with Crippen LogP contribution < -0.4 is 10.1 Å². The number of phenols is 1. The molecule has 0 radical (unpaired) electrons. The molecule has 0 bridgehead atoms. The second kappa shape index (κ2) is 4.07. The predicted molar refractivity (Wildman–Crippen MR) is 55.0 cm³/mol. The Labute approximate surface area is 87.6 Å². The number of ether oxygens (including phenoxy) is 1. The summed E-state index contributed by atoms with van der Waals surface area (Å²) in [6.07, 6.45) is 1.15. The van der Waals surface area contributed by atoms with Crippen LogP contribution in [0.3, 0.4) is 0 Å². The summed E-state index contributed by atoms with van der Waals surface area (Å²) in [5.41, 5.74) is 0. The van der Waals surface area contributed by atoms with Crippen molar-refractivity contribution in [3.63, 3.8) is 0 Å². The van der Waals surface area contributed by atoms with Crippen LogP contribution >= 0.6 is 11.6 Å². The average Bonchev–Trinajstić information content (AvgIpc) is 2.05. The van der Waals surface area contributed by atoms with Crippen molar-refractivity contribution in [1.82, 2.24) is 5.32 Å².